The number of rotatable bonds is 7. The largest absolute Gasteiger partial charge is 0.456 e. The van der Waals surface area contributed by atoms with Gasteiger partial charge in [-0.2, -0.15) is 0 Å². The molecule has 0 bridgehead atoms. The predicted octanol–water partition coefficient (Wildman–Crippen LogP) is 16.5. The first-order valence-electron chi connectivity index (χ1n) is 21.4. The lowest BCUT2D eigenvalue weighted by Gasteiger charge is -2.35. The zero-order valence-electron chi connectivity index (χ0n) is 34.2. The molecule has 294 valence electrons. The quantitative estimate of drug-likeness (QED) is 0.150. The average Bonchev–Trinajstić information content (AvgIpc) is 3.89. The first kappa shape index (κ1) is 36.4. The second-order valence-electron chi connectivity index (χ2n) is 16.3. The second kappa shape index (κ2) is 14.6. The molecule has 0 spiro atoms. The van der Waals surface area contributed by atoms with Crippen LogP contribution in [0.15, 0.2) is 235 Å². The average molecular weight is 803 g/mol. The fourth-order valence-electron chi connectivity index (χ4n) is 10.1. The number of fused-ring (bicyclic) bond motifs is 8. The first-order valence-corrected chi connectivity index (χ1v) is 21.4. The van der Waals surface area contributed by atoms with Gasteiger partial charge >= 0.3 is 0 Å². The second-order valence-corrected chi connectivity index (χ2v) is 16.3. The van der Waals surface area contributed by atoms with Gasteiger partial charge in [0.05, 0.1) is 12.0 Å². The van der Waals surface area contributed by atoms with Crippen LogP contribution in [0.5, 0.6) is 0 Å². The molecule has 3 nitrogen and oxygen atoms in total. The van der Waals surface area contributed by atoms with Crippen molar-refractivity contribution in [2.24, 2.45) is 0 Å². The molecule has 11 aromatic rings. The number of hydrogen-bond donors (Lipinski definition) is 0. The van der Waals surface area contributed by atoms with Crippen molar-refractivity contribution in [3.05, 3.63) is 264 Å². The lowest BCUT2D eigenvalue weighted by Crippen LogP contribution is -2.28. The molecule has 0 aliphatic heterocycles. The summed E-state index contributed by atoms with van der Waals surface area (Å²) >= 11 is 0. The Bertz CT molecular complexity index is 3510. The third-order valence-corrected chi connectivity index (χ3v) is 13.0. The van der Waals surface area contributed by atoms with Gasteiger partial charge in [-0.15, -0.1) is 0 Å². The molecule has 12 rings (SSSR count). The smallest absolute Gasteiger partial charge is 0.187 e. The van der Waals surface area contributed by atoms with Gasteiger partial charge in [0.25, 0.3) is 0 Å². The maximum Gasteiger partial charge on any atom is 0.187 e. The Morgan fingerprint density at radius 3 is 1.63 bits per heavy atom. The van der Waals surface area contributed by atoms with Crippen molar-refractivity contribution in [1.82, 2.24) is 0 Å². The monoisotopic (exact) mass is 802 g/mol. The molecular formula is C60H38N2O. The molecule has 0 atom stereocenters. The third-order valence-electron chi connectivity index (χ3n) is 13.0. The topological polar surface area (TPSA) is 20.7 Å². The van der Waals surface area contributed by atoms with Gasteiger partial charge in [-0.1, -0.05) is 176 Å². The van der Waals surface area contributed by atoms with E-state index in [1.165, 1.54) is 44.2 Å². The molecule has 3 heteroatoms. The molecule has 0 saturated heterocycles. The van der Waals surface area contributed by atoms with Crippen molar-refractivity contribution in [1.29, 1.82) is 0 Å². The highest BCUT2D eigenvalue weighted by atomic mass is 16.3. The fourth-order valence-corrected chi connectivity index (χ4v) is 10.1. The Morgan fingerprint density at radius 1 is 0.397 bits per heavy atom. The highest BCUT2D eigenvalue weighted by molar-refractivity contribution is 6.19. The highest BCUT2D eigenvalue weighted by Gasteiger charge is 2.46. The summed E-state index contributed by atoms with van der Waals surface area (Å²) in [5, 5.41) is 4.71. The van der Waals surface area contributed by atoms with Gasteiger partial charge in [0.15, 0.2) is 5.69 Å². The number of benzene rings is 10. The minimum absolute atomic E-state index is 0.521. The molecule has 10 aromatic carbocycles. The summed E-state index contributed by atoms with van der Waals surface area (Å²) in [5.74, 6) is 0. The summed E-state index contributed by atoms with van der Waals surface area (Å²) in [4.78, 5) is 6.01. The summed E-state index contributed by atoms with van der Waals surface area (Å²) in [6, 6.07) is 82.4. The number of nitrogens with zero attached hydrogens (tertiary/aromatic N) is 2. The summed E-state index contributed by atoms with van der Waals surface area (Å²) in [7, 11) is 0. The Hall–Kier alpha value is -8.45. The van der Waals surface area contributed by atoms with E-state index < -0.39 is 5.41 Å². The minimum Gasteiger partial charge on any atom is -0.456 e. The summed E-state index contributed by atoms with van der Waals surface area (Å²) < 4.78 is 6.28. The molecule has 0 fully saturated rings. The Balaban J connectivity index is 0.936. The van der Waals surface area contributed by atoms with Gasteiger partial charge in [0.1, 0.15) is 11.2 Å². The Morgan fingerprint density at radius 2 is 0.937 bits per heavy atom. The third kappa shape index (κ3) is 5.81. The van der Waals surface area contributed by atoms with Crippen molar-refractivity contribution in [3.8, 4) is 33.4 Å². The SMILES string of the molecule is [C-]#[N+]c1ccc(N(c2ccc(-c3ccc(-c4ccc5oc6ccc7ccccc7c6c5c4)cc3)cc2)c2ccc3c(c2)C(c2ccccc2)(c2ccccc2)c2ccccc2-3)cc1. The van der Waals surface area contributed by atoms with E-state index in [0.29, 0.717) is 5.69 Å². The van der Waals surface area contributed by atoms with Crippen molar-refractivity contribution < 1.29 is 4.42 Å². The zero-order valence-corrected chi connectivity index (χ0v) is 34.2. The normalized spacial score (nSPS) is 12.6. The maximum absolute atomic E-state index is 7.66. The standard InChI is InChI=1S/C60H38N2O/c1-61-47-28-32-49(33-29-47)62(50-34-35-53-52-18-10-11-19-55(52)60(56(53)39-50,45-13-4-2-5-14-45)46-15-6-3-7-16-46)48-30-24-41(25-31-48)40-20-22-42(23-21-40)44-27-36-57-54(38-44)59-51-17-9-8-12-43(51)26-37-58(59)63-57/h2-39H. The van der Waals surface area contributed by atoms with Crippen LogP contribution in [0.3, 0.4) is 0 Å². The van der Waals surface area contributed by atoms with Crippen LogP contribution in [0.2, 0.25) is 0 Å². The van der Waals surface area contributed by atoms with Gasteiger partial charge in [0, 0.05) is 27.8 Å². The van der Waals surface area contributed by atoms with Crippen LogP contribution in [0, 0.1) is 6.57 Å². The van der Waals surface area contributed by atoms with E-state index in [9.17, 15) is 0 Å². The molecule has 0 saturated carbocycles. The lowest BCUT2D eigenvalue weighted by atomic mass is 9.67. The van der Waals surface area contributed by atoms with Crippen LogP contribution in [-0.2, 0) is 5.41 Å². The van der Waals surface area contributed by atoms with E-state index in [4.69, 9.17) is 11.0 Å². The van der Waals surface area contributed by atoms with Gasteiger partial charge in [0.2, 0.25) is 0 Å². The van der Waals surface area contributed by atoms with E-state index in [2.05, 4.69) is 228 Å². The fraction of sp³-hybridized carbons (Fsp3) is 0.0167. The van der Waals surface area contributed by atoms with Gasteiger partial charge in [-0.05, 0) is 121 Å². The Labute approximate surface area is 366 Å². The van der Waals surface area contributed by atoms with Gasteiger partial charge in [-0.25, -0.2) is 4.85 Å². The molecule has 63 heavy (non-hydrogen) atoms. The van der Waals surface area contributed by atoms with E-state index >= 15 is 0 Å². The number of anilines is 3. The van der Waals surface area contributed by atoms with Crippen LogP contribution < -0.4 is 4.90 Å². The molecule has 0 N–H and O–H groups in total. The molecule has 1 aliphatic rings. The van der Waals surface area contributed by atoms with Crippen LogP contribution in [0.4, 0.5) is 22.7 Å². The molecule has 0 radical (unpaired) electrons. The number of furan rings is 1. The molecule has 0 unspecified atom stereocenters. The van der Waals surface area contributed by atoms with Crippen molar-refractivity contribution in [3.63, 3.8) is 0 Å². The van der Waals surface area contributed by atoms with Gasteiger partial charge < -0.3 is 9.32 Å². The van der Waals surface area contributed by atoms with Crippen LogP contribution >= 0.6 is 0 Å². The predicted molar refractivity (Wildman–Crippen MR) is 260 cm³/mol. The van der Waals surface area contributed by atoms with Gasteiger partial charge in [-0.3, -0.25) is 0 Å². The zero-order chi connectivity index (χ0) is 41.9. The van der Waals surface area contributed by atoms with Crippen LogP contribution in [-0.4, -0.2) is 0 Å². The summed E-state index contributed by atoms with van der Waals surface area (Å²) in [6.07, 6.45) is 0. The van der Waals surface area contributed by atoms with Crippen molar-refractivity contribution in [2.75, 3.05) is 4.90 Å². The van der Waals surface area contributed by atoms with Crippen molar-refractivity contribution in [2.45, 2.75) is 5.41 Å². The molecule has 1 heterocycles. The summed E-state index contributed by atoms with van der Waals surface area (Å²) in [5.41, 5.74) is 17.0. The molecule has 1 aromatic heterocycles. The number of hydrogen-bond acceptors (Lipinski definition) is 2. The Kier molecular flexibility index (Phi) is 8.45. The van der Waals surface area contributed by atoms with E-state index in [0.717, 1.165) is 61.3 Å². The lowest BCUT2D eigenvalue weighted by molar-refractivity contribution is 0.669. The van der Waals surface area contributed by atoms with E-state index in [1.54, 1.807) is 0 Å². The van der Waals surface area contributed by atoms with E-state index in [-0.39, 0.29) is 0 Å². The van der Waals surface area contributed by atoms with E-state index in [1.807, 2.05) is 12.1 Å². The van der Waals surface area contributed by atoms with Crippen molar-refractivity contribution >= 4 is 55.5 Å². The molecular weight excluding hydrogens is 765 g/mol. The van der Waals surface area contributed by atoms with Crippen LogP contribution in [0.25, 0.3) is 70.9 Å². The van der Waals surface area contributed by atoms with Crippen LogP contribution in [0.1, 0.15) is 22.3 Å². The molecule has 1 aliphatic carbocycles. The molecule has 0 amide bonds. The summed E-state index contributed by atoms with van der Waals surface area (Å²) in [6.45, 7) is 7.66. The highest BCUT2D eigenvalue weighted by Crippen LogP contribution is 2.57. The maximum atomic E-state index is 7.66. The minimum atomic E-state index is -0.521. The first-order chi connectivity index (χ1) is 31.2.